The number of hydrogen-bond acceptors (Lipinski definition) is 5. The Hall–Kier alpha value is -1.01. The van der Waals surface area contributed by atoms with E-state index in [9.17, 15) is 4.79 Å². The predicted octanol–water partition coefficient (Wildman–Crippen LogP) is 2.96. The number of aromatic nitrogens is 1. The van der Waals surface area contributed by atoms with Gasteiger partial charge >= 0.3 is 0 Å². The molecular formula is C15H25N3O2S. The minimum Gasteiger partial charge on any atom is -0.338 e. The van der Waals surface area contributed by atoms with E-state index in [1.807, 2.05) is 25.6 Å². The average Bonchev–Trinajstić information content (AvgIpc) is 2.86. The van der Waals surface area contributed by atoms with Crippen LogP contribution in [-0.4, -0.2) is 34.2 Å². The summed E-state index contributed by atoms with van der Waals surface area (Å²) in [5.41, 5.74) is 0.762. The Morgan fingerprint density at radius 3 is 2.95 bits per heavy atom. The lowest BCUT2D eigenvalue weighted by atomic mass is 9.94. The highest BCUT2D eigenvalue weighted by atomic mass is 32.2. The number of carbonyl (C=O) groups excluding carboxylic acids is 1. The van der Waals surface area contributed by atoms with Crippen molar-refractivity contribution in [2.45, 2.75) is 63.8 Å². The molecule has 0 aromatic carbocycles. The molecule has 118 valence electrons. The number of aryl methyl sites for hydroxylation is 1. The number of nitrogens with zero attached hydrogens (tertiary/aromatic N) is 1. The standard InChI is InChI=1S/C15H25N3O2S/c1-4-21-13-8-6-5-7-12(13)16-11(3)15(19)17-14-9-10(2)18-20-14/h9,11-13,16H,4-8H2,1-3H3,(H,17,19)/t11-,12-,13-/m1/s1. The van der Waals surface area contributed by atoms with Crippen LogP contribution in [0, 0.1) is 6.92 Å². The van der Waals surface area contributed by atoms with Crippen LogP contribution in [0.2, 0.25) is 0 Å². The van der Waals surface area contributed by atoms with Gasteiger partial charge in [0.25, 0.3) is 0 Å². The van der Waals surface area contributed by atoms with Gasteiger partial charge in [-0.3, -0.25) is 10.1 Å². The van der Waals surface area contributed by atoms with Gasteiger partial charge in [-0.1, -0.05) is 24.9 Å². The quantitative estimate of drug-likeness (QED) is 0.845. The van der Waals surface area contributed by atoms with E-state index in [4.69, 9.17) is 4.52 Å². The topological polar surface area (TPSA) is 67.2 Å². The van der Waals surface area contributed by atoms with Crippen LogP contribution in [0.3, 0.4) is 0 Å². The van der Waals surface area contributed by atoms with Crippen LogP contribution in [0.1, 0.15) is 45.2 Å². The van der Waals surface area contributed by atoms with Gasteiger partial charge in [0.05, 0.1) is 11.7 Å². The lowest BCUT2D eigenvalue weighted by Gasteiger charge is -2.33. The number of nitrogens with one attached hydrogen (secondary N) is 2. The highest BCUT2D eigenvalue weighted by Gasteiger charge is 2.28. The highest BCUT2D eigenvalue weighted by Crippen LogP contribution is 2.28. The fourth-order valence-electron chi connectivity index (χ4n) is 2.75. The summed E-state index contributed by atoms with van der Waals surface area (Å²) in [5.74, 6) is 1.46. The van der Waals surface area contributed by atoms with Gasteiger partial charge in [0, 0.05) is 17.4 Å². The molecule has 2 rings (SSSR count). The van der Waals surface area contributed by atoms with Gasteiger partial charge in [-0.15, -0.1) is 0 Å². The van der Waals surface area contributed by atoms with Crippen molar-refractivity contribution in [3.63, 3.8) is 0 Å². The lowest BCUT2D eigenvalue weighted by Crippen LogP contribution is -2.49. The van der Waals surface area contributed by atoms with E-state index in [-0.39, 0.29) is 11.9 Å². The molecule has 1 heterocycles. The van der Waals surface area contributed by atoms with Gasteiger partial charge in [0.2, 0.25) is 11.8 Å². The minimum atomic E-state index is -0.238. The molecule has 0 unspecified atom stereocenters. The Morgan fingerprint density at radius 2 is 2.29 bits per heavy atom. The molecule has 1 fully saturated rings. The normalized spacial score (nSPS) is 23.8. The van der Waals surface area contributed by atoms with Crippen molar-refractivity contribution < 1.29 is 9.32 Å². The van der Waals surface area contributed by atoms with E-state index in [1.165, 1.54) is 19.3 Å². The molecule has 1 aromatic heterocycles. The maximum absolute atomic E-state index is 12.2. The third-order valence-electron chi connectivity index (χ3n) is 3.82. The summed E-state index contributed by atoms with van der Waals surface area (Å²) >= 11 is 2.00. The van der Waals surface area contributed by atoms with E-state index < -0.39 is 0 Å². The summed E-state index contributed by atoms with van der Waals surface area (Å²) in [4.78, 5) is 12.2. The van der Waals surface area contributed by atoms with E-state index in [2.05, 4.69) is 22.7 Å². The van der Waals surface area contributed by atoms with Gasteiger partial charge in [0.15, 0.2) is 0 Å². The summed E-state index contributed by atoms with van der Waals surface area (Å²) in [6.45, 7) is 5.93. The molecule has 2 N–H and O–H groups in total. The van der Waals surface area contributed by atoms with Crippen molar-refractivity contribution >= 4 is 23.6 Å². The van der Waals surface area contributed by atoms with Crippen LogP contribution in [0.25, 0.3) is 0 Å². The van der Waals surface area contributed by atoms with Gasteiger partial charge in [0.1, 0.15) is 0 Å². The molecule has 6 heteroatoms. The van der Waals surface area contributed by atoms with E-state index in [0.717, 1.165) is 17.9 Å². The number of thioether (sulfide) groups is 1. The fourth-order valence-corrected chi connectivity index (χ4v) is 3.96. The third kappa shape index (κ3) is 4.74. The Bertz CT molecular complexity index is 462. The van der Waals surface area contributed by atoms with Gasteiger partial charge in [-0.25, -0.2) is 0 Å². The Balaban J connectivity index is 1.86. The second-order valence-corrected chi connectivity index (χ2v) is 7.11. The monoisotopic (exact) mass is 311 g/mol. The van der Waals surface area contributed by atoms with Crippen LogP contribution in [0.4, 0.5) is 5.88 Å². The summed E-state index contributed by atoms with van der Waals surface area (Å²) in [7, 11) is 0. The highest BCUT2D eigenvalue weighted by molar-refractivity contribution is 7.99. The Morgan fingerprint density at radius 1 is 1.52 bits per heavy atom. The first kappa shape index (κ1) is 16.4. The summed E-state index contributed by atoms with van der Waals surface area (Å²) < 4.78 is 5.02. The van der Waals surface area contributed by atoms with Crippen LogP contribution in [0.5, 0.6) is 0 Å². The zero-order valence-electron chi connectivity index (χ0n) is 13.0. The number of anilines is 1. The molecule has 1 aliphatic carbocycles. The van der Waals surface area contributed by atoms with E-state index in [1.54, 1.807) is 6.07 Å². The number of rotatable bonds is 6. The van der Waals surface area contributed by atoms with Crippen molar-refractivity contribution in [3.05, 3.63) is 11.8 Å². The number of hydrogen-bond donors (Lipinski definition) is 2. The molecule has 0 saturated heterocycles. The fraction of sp³-hybridized carbons (Fsp3) is 0.733. The average molecular weight is 311 g/mol. The van der Waals surface area contributed by atoms with Gasteiger partial charge < -0.3 is 9.84 Å². The molecule has 0 radical (unpaired) electrons. The summed E-state index contributed by atoms with van der Waals surface area (Å²) in [5, 5.41) is 10.6. The van der Waals surface area contributed by atoms with E-state index in [0.29, 0.717) is 17.2 Å². The van der Waals surface area contributed by atoms with Crippen molar-refractivity contribution in [2.75, 3.05) is 11.1 Å². The predicted molar refractivity (Wildman–Crippen MR) is 86.6 cm³/mol. The Kier molecular flexibility index (Phi) is 6.11. The van der Waals surface area contributed by atoms with Crippen LogP contribution < -0.4 is 10.6 Å². The zero-order chi connectivity index (χ0) is 15.2. The first-order valence-corrected chi connectivity index (χ1v) is 8.77. The largest absolute Gasteiger partial charge is 0.338 e. The zero-order valence-corrected chi connectivity index (χ0v) is 13.8. The first-order valence-electron chi connectivity index (χ1n) is 7.72. The lowest BCUT2D eigenvalue weighted by molar-refractivity contribution is -0.118. The molecule has 5 nitrogen and oxygen atoms in total. The number of carbonyl (C=O) groups is 1. The molecular weight excluding hydrogens is 286 g/mol. The maximum atomic E-state index is 12.2. The second-order valence-electron chi connectivity index (χ2n) is 5.59. The first-order chi connectivity index (χ1) is 10.1. The van der Waals surface area contributed by atoms with Gasteiger partial charge in [-0.2, -0.15) is 11.8 Å². The Labute approximate surface area is 130 Å². The molecule has 1 amide bonds. The molecule has 0 aliphatic heterocycles. The van der Waals surface area contributed by atoms with Crippen LogP contribution in [-0.2, 0) is 4.79 Å². The van der Waals surface area contributed by atoms with Gasteiger partial charge in [-0.05, 0) is 32.4 Å². The summed E-state index contributed by atoms with van der Waals surface area (Å²) in [6.07, 6.45) is 4.93. The third-order valence-corrected chi connectivity index (χ3v) is 5.14. The maximum Gasteiger partial charge on any atom is 0.243 e. The molecule has 1 saturated carbocycles. The molecule has 0 bridgehead atoms. The number of amides is 1. The van der Waals surface area contributed by atoms with Crippen molar-refractivity contribution in [3.8, 4) is 0 Å². The van der Waals surface area contributed by atoms with Crippen molar-refractivity contribution in [1.82, 2.24) is 10.5 Å². The summed E-state index contributed by atoms with van der Waals surface area (Å²) in [6, 6.07) is 1.90. The molecule has 21 heavy (non-hydrogen) atoms. The van der Waals surface area contributed by atoms with Crippen LogP contribution >= 0.6 is 11.8 Å². The van der Waals surface area contributed by atoms with Crippen molar-refractivity contribution in [1.29, 1.82) is 0 Å². The smallest absolute Gasteiger partial charge is 0.243 e. The van der Waals surface area contributed by atoms with Crippen LogP contribution in [0.15, 0.2) is 10.6 Å². The molecule has 1 aliphatic rings. The van der Waals surface area contributed by atoms with Crippen molar-refractivity contribution in [2.24, 2.45) is 0 Å². The molecule has 0 spiro atoms. The van der Waals surface area contributed by atoms with E-state index >= 15 is 0 Å². The minimum absolute atomic E-state index is 0.0722. The SMILES string of the molecule is CCS[C@@H]1CCCC[C@H]1N[C@H](C)C(=O)Nc1cc(C)no1. The molecule has 1 aromatic rings. The molecule has 3 atom stereocenters. The second kappa shape index (κ2) is 7.84.